The molecule has 132 valence electrons. The van der Waals surface area contributed by atoms with Crippen molar-refractivity contribution in [3.63, 3.8) is 0 Å². The molecule has 0 aliphatic rings. The van der Waals surface area contributed by atoms with Gasteiger partial charge in [-0.15, -0.1) is 13.2 Å². The molecular formula is C19H28O4Si. The number of methoxy groups -OCH3 is 1. The first-order valence-corrected chi connectivity index (χ1v) is 10.5. The Kier molecular flexibility index (Phi) is 7.60. The van der Waals surface area contributed by atoms with Gasteiger partial charge in [-0.1, -0.05) is 35.6 Å². The summed E-state index contributed by atoms with van der Waals surface area (Å²) < 4.78 is 5.27. The van der Waals surface area contributed by atoms with Crippen LogP contribution in [0, 0.1) is 0 Å². The fraction of sp³-hybridized carbons (Fsp3) is 0.421. The number of rotatable bonds is 10. The van der Waals surface area contributed by atoms with Gasteiger partial charge in [0.25, 0.3) is 0 Å². The number of carbonyl (C=O) groups excluding carboxylic acids is 1. The van der Waals surface area contributed by atoms with Crippen LogP contribution in [-0.2, 0) is 14.5 Å². The molecule has 1 rings (SSSR count). The number of ether oxygens (including phenoxy) is 1. The average molecular weight is 349 g/mol. The van der Waals surface area contributed by atoms with Gasteiger partial charge in [-0.05, 0) is 32.0 Å². The molecule has 1 aromatic carbocycles. The number of hydrogen-bond acceptors (Lipinski definition) is 4. The van der Waals surface area contributed by atoms with Crippen molar-refractivity contribution in [1.82, 2.24) is 0 Å². The van der Waals surface area contributed by atoms with E-state index in [1.54, 1.807) is 19.2 Å². The molecular weight excluding hydrogens is 320 g/mol. The first kappa shape index (κ1) is 20.4. The Balaban J connectivity index is 2.64. The van der Waals surface area contributed by atoms with E-state index in [4.69, 9.17) is 14.5 Å². The third-order valence-electron chi connectivity index (χ3n) is 4.45. The van der Waals surface area contributed by atoms with E-state index >= 15 is 0 Å². The van der Waals surface area contributed by atoms with Crippen molar-refractivity contribution in [2.45, 2.75) is 38.8 Å². The molecule has 0 saturated heterocycles. The van der Waals surface area contributed by atoms with E-state index in [-0.39, 0.29) is 12.2 Å². The maximum atomic E-state index is 12.0. The summed E-state index contributed by atoms with van der Waals surface area (Å²) in [5, 5.41) is 1.18. The van der Waals surface area contributed by atoms with Gasteiger partial charge in [-0.3, -0.25) is 4.89 Å². The number of carbonyl (C=O) groups is 1. The van der Waals surface area contributed by atoms with E-state index in [0.29, 0.717) is 12.0 Å². The minimum Gasteiger partial charge on any atom is -0.379 e. The quantitative estimate of drug-likeness (QED) is 0.280. The van der Waals surface area contributed by atoms with Crippen LogP contribution in [0.3, 0.4) is 0 Å². The summed E-state index contributed by atoms with van der Waals surface area (Å²) in [5.41, 5.74) is 4.16. The minimum atomic E-state index is -1.88. The summed E-state index contributed by atoms with van der Waals surface area (Å²) in [4.78, 5) is 21.8. The van der Waals surface area contributed by atoms with E-state index in [1.807, 2.05) is 37.4 Å². The van der Waals surface area contributed by atoms with Gasteiger partial charge >= 0.3 is 5.97 Å². The zero-order valence-corrected chi connectivity index (χ0v) is 16.1. The van der Waals surface area contributed by atoms with Gasteiger partial charge in [0.05, 0.1) is 17.8 Å². The molecule has 0 heterocycles. The second-order valence-electron chi connectivity index (χ2n) is 6.29. The van der Waals surface area contributed by atoms with Crippen molar-refractivity contribution in [1.29, 1.82) is 0 Å². The first-order valence-electron chi connectivity index (χ1n) is 8.11. The highest BCUT2D eigenvalue weighted by molar-refractivity contribution is 6.99. The molecule has 0 spiro atoms. The molecule has 0 aromatic heterocycles. The van der Waals surface area contributed by atoms with Crippen LogP contribution in [0.2, 0.25) is 6.04 Å². The highest BCUT2D eigenvalue weighted by Gasteiger charge is 2.26. The Morgan fingerprint density at radius 1 is 1.21 bits per heavy atom. The number of hydrogen-bond donors (Lipinski definition) is 0. The SMILES string of the molecule is C=C[Si](C=C)(CC)c1ccc(C(=O)OOCCC(C)(C)OC)cc1. The van der Waals surface area contributed by atoms with Crippen LogP contribution in [0.25, 0.3) is 0 Å². The molecule has 0 N–H and O–H groups in total. The molecule has 4 nitrogen and oxygen atoms in total. The summed E-state index contributed by atoms with van der Waals surface area (Å²) in [6, 6.07) is 8.39. The topological polar surface area (TPSA) is 44.8 Å². The fourth-order valence-electron chi connectivity index (χ4n) is 2.26. The molecule has 0 amide bonds. The van der Waals surface area contributed by atoms with Crippen molar-refractivity contribution < 1.29 is 19.3 Å². The van der Waals surface area contributed by atoms with Crippen LogP contribution in [0.1, 0.15) is 37.6 Å². The van der Waals surface area contributed by atoms with Gasteiger partial charge in [0, 0.05) is 13.5 Å². The summed E-state index contributed by atoms with van der Waals surface area (Å²) in [5.74, 6) is -0.502. The Labute approximate surface area is 146 Å². The van der Waals surface area contributed by atoms with Crippen LogP contribution in [0.5, 0.6) is 0 Å². The van der Waals surface area contributed by atoms with Crippen molar-refractivity contribution >= 4 is 19.2 Å². The molecule has 24 heavy (non-hydrogen) atoms. The lowest BCUT2D eigenvalue weighted by molar-refractivity contribution is -0.247. The van der Waals surface area contributed by atoms with Crippen LogP contribution >= 0.6 is 0 Å². The fourth-order valence-corrected chi connectivity index (χ4v) is 4.67. The predicted molar refractivity (Wildman–Crippen MR) is 99.8 cm³/mol. The van der Waals surface area contributed by atoms with Gasteiger partial charge in [-0.2, -0.15) is 4.89 Å². The lowest BCUT2D eigenvalue weighted by atomic mass is 10.1. The highest BCUT2D eigenvalue weighted by Crippen LogP contribution is 2.14. The second kappa shape index (κ2) is 8.96. The maximum Gasteiger partial charge on any atom is 0.373 e. The largest absolute Gasteiger partial charge is 0.379 e. The van der Waals surface area contributed by atoms with Gasteiger partial charge in [0.2, 0.25) is 0 Å². The lowest BCUT2D eigenvalue weighted by Crippen LogP contribution is -2.43. The van der Waals surface area contributed by atoms with Crippen molar-refractivity contribution in [2.75, 3.05) is 13.7 Å². The summed E-state index contributed by atoms with van der Waals surface area (Å²) in [6.45, 7) is 14.2. The summed E-state index contributed by atoms with van der Waals surface area (Å²) in [6.07, 6.45) is 0.624. The zero-order valence-electron chi connectivity index (χ0n) is 15.1. The molecule has 0 atom stereocenters. The average Bonchev–Trinajstić information content (AvgIpc) is 2.61. The van der Waals surface area contributed by atoms with Crippen molar-refractivity contribution in [2.24, 2.45) is 0 Å². The van der Waals surface area contributed by atoms with E-state index in [1.165, 1.54) is 5.19 Å². The Bertz CT molecular complexity index is 555. The maximum absolute atomic E-state index is 12.0. The van der Waals surface area contributed by atoms with Crippen LogP contribution in [0.4, 0.5) is 0 Å². The predicted octanol–water partition coefficient (Wildman–Crippen LogP) is 3.72. The molecule has 0 unspecified atom stereocenters. The third kappa shape index (κ3) is 5.16. The summed E-state index contributed by atoms with van der Waals surface area (Å²) in [7, 11) is -0.239. The van der Waals surface area contributed by atoms with Crippen LogP contribution < -0.4 is 5.19 Å². The van der Waals surface area contributed by atoms with Crippen molar-refractivity contribution in [3.05, 3.63) is 54.4 Å². The Hall–Kier alpha value is -1.69. The van der Waals surface area contributed by atoms with Crippen molar-refractivity contribution in [3.8, 4) is 0 Å². The smallest absolute Gasteiger partial charge is 0.373 e. The Morgan fingerprint density at radius 3 is 2.25 bits per heavy atom. The third-order valence-corrected chi connectivity index (χ3v) is 8.48. The highest BCUT2D eigenvalue weighted by atomic mass is 28.3. The molecule has 0 aliphatic carbocycles. The number of benzene rings is 1. The molecule has 5 heteroatoms. The molecule has 1 aromatic rings. The normalized spacial score (nSPS) is 11.8. The van der Waals surface area contributed by atoms with Gasteiger partial charge in [0.1, 0.15) is 8.07 Å². The van der Waals surface area contributed by atoms with Crippen LogP contribution in [0.15, 0.2) is 48.8 Å². The first-order chi connectivity index (χ1) is 11.3. The summed E-state index contributed by atoms with van der Waals surface area (Å²) >= 11 is 0. The van der Waals surface area contributed by atoms with Gasteiger partial charge in [0.15, 0.2) is 0 Å². The Morgan fingerprint density at radius 2 is 1.79 bits per heavy atom. The lowest BCUT2D eigenvalue weighted by Gasteiger charge is -2.23. The van der Waals surface area contributed by atoms with Gasteiger partial charge < -0.3 is 4.74 Å². The second-order valence-corrected chi connectivity index (χ2v) is 10.5. The van der Waals surface area contributed by atoms with Gasteiger partial charge in [-0.25, -0.2) is 4.79 Å². The monoisotopic (exact) mass is 348 g/mol. The molecule has 0 fully saturated rings. The van der Waals surface area contributed by atoms with E-state index in [0.717, 1.165) is 6.04 Å². The van der Waals surface area contributed by atoms with Crippen LogP contribution in [-0.4, -0.2) is 33.4 Å². The standard InChI is InChI=1S/C19H28O4Si/c1-7-24(8-2,9-3)17-12-10-16(11-13-17)18(20)23-22-15-14-19(4,5)21-6/h7-8,10-13H,1-2,9,14-15H2,3-6H3. The molecule has 0 saturated carbocycles. The van der Waals surface area contributed by atoms with E-state index < -0.39 is 14.0 Å². The molecule has 0 aliphatic heterocycles. The zero-order chi connectivity index (χ0) is 18.2. The molecule has 0 bridgehead atoms. The molecule has 0 radical (unpaired) electrons. The minimum absolute atomic E-state index is 0.281. The van der Waals surface area contributed by atoms with E-state index in [9.17, 15) is 4.79 Å². The van der Waals surface area contributed by atoms with E-state index in [2.05, 4.69) is 20.1 Å².